The minimum atomic E-state index is -0.590. The van der Waals surface area contributed by atoms with Gasteiger partial charge in [0.1, 0.15) is 24.3 Å². The van der Waals surface area contributed by atoms with E-state index in [1.165, 1.54) is 5.56 Å². The van der Waals surface area contributed by atoms with Gasteiger partial charge >= 0.3 is 0 Å². The van der Waals surface area contributed by atoms with Crippen LogP contribution in [-0.4, -0.2) is 27.4 Å². The number of rotatable bonds is 8. The Balaban J connectivity index is 1.67. The van der Waals surface area contributed by atoms with Gasteiger partial charge in [0.25, 0.3) is 0 Å². The maximum Gasteiger partial charge on any atom is 0.119 e. The maximum atomic E-state index is 10.5. The molecule has 26 heavy (non-hydrogen) atoms. The maximum absolute atomic E-state index is 10.5. The highest BCUT2D eigenvalue weighted by molar-refractivity contribution is 5.75. The van der Waals surface area contributed by atoms with Gasteiger partial charge in [0.2, 0.25) is 0 Å². The van der Waals surface area contributed by atoms with Crippen LogP contribution in [0.25, 0.3) is 11.0 Å². The van der Waals surface area contributed by atoms with Crippen LogP contribution in [-0.2, 0) is 13.0 Å². The van der Waals surface area contributed by atoms with Crippen molar-refractivity contribution in [2.75, 3.05) is 6.61 Å². The number of aryl methyl sites for hydroxylation is 1. The lowest BCUT2D eigenvalue weighted by Crippen LogP contribution is -2.24. The standard InChI is InChI=1S/C22H28N2O2/c1-4-7-22-23-20-8-5-6-9-21(20)24(22)14-18(25)15-26-19-12-10-17(11-13-19)16(2)3/h5-6,8-13,16,18,25H,4,7,14-15H2,1-3H3. The molecule has 0 amide bonds. The van der Waals surface area contributed by atoms with Crippen molar-refractivity contribution in [2.24, 2.45) is 0 Å². The fourth-order valence-electron chi connectivity index (χ4n) is 3.15. The first-order valence-electron chi connectivity index (χ1n) is 9.43. The highest BCUT2D eigenvalue weighted by atomic mass is 16.5. The van der Waals surface area contributed by atoms with Gasteiger partial charge in [-0.3, -0.25) is 0 Å². The summed E-state index contributed by atoms with van der Waals surface area (Å²) in [5, 5.41) is 10.5. The Morgan fingerprint density at radius 1 is 1.08 bits per heavy atom. The second-order valence-corrected chi connectivity index (χ2v) is 7.07. The molecule has 0 aliphatic carbocycles. The number of aliphatic hydroxyl groups is 1. The van der Waals surface area contributed by atoms with Crippen LogP contribution in [0.1, 0.15) is 44.5 Å². The second kappa shape index (κ2) is 8.37. The van der Waals surface area contributed by atoms with E-state index in [9.17, 15) is 5.11 Å². The number of nitrogens with zero attached hydrogens (tertiary/aromatic N) is 2. The van der Waals surface area contributed by atoms with Crippen molar-refractivity contribution in [3.8, 4) is 5.75 Å². The van der Waals surface area contributed by atoms with Gasteiger partial charge in [0.05, 0.1) is 17.6 Å². The topological polar surface area (TPSA) is 47.3 Å². The normalized spacial score (nSPS) is 12.7. The van der Waals surface area contributed by atoms with Crippen molar-refractivity contribution >= 4 is 11.0 Å². The van der Waals surface area contributed by atoms with Gasteiger partial charge in [0, 0.05) is 6.42 Å². The van der Waals surface area contributed by atoms with Crippen LogP contribution in [0.3, 0.4) is 0 Å². The number of imidazole rings is 1. The van der Waals surface area contributed by atoms with Crippen molar-refractivity contribution in [2.45, 2.75) is 52.2 Å². The summed E-state index contributed by atoms with van der Waals surface area (Å²) in [6, 6.07) is 16.2. The Hall–Kier alpha value is -2.33. The third-order valence-electron chi connectivity index (χ3n) is 4.59. The van der Waals surface area contributed by atoms with E-state index in [0.29, 0.717) is 12.5 Å². The van der Waals surface area contributed by atoms with Crippen molar-refractivity contribution in [1.29, 1.82) is 0 Å². The molecular weight excluding hydrogens is 324 g/mol. The molecular formula is C22H28N2O2. The van der Waals surface area contributed by atoms with E-state index in [-0.39, 0.29) is 6.61 Å². The average Bonchev–Trinajstić information content (AvgIpc) is 2.98. The molecule has 0 aliphatic rings. The van der Waals surface area contributed by atoms with E-state index >= 15 is 0 Å². The molecule has 1 aromatic heterocycles. The molecule has 0 bridgehead atoms. The largest absolute Gasteiger partial charge is 0.491 e. The van der Waals surface area contributed by atoms with E-state index in [1.54, 1.807) is 0 Å². The summed E-state index contributed by atoms with van der Waals surface area (Å²) >= 11 is 0. The summed E-state index contributed by atoms with van der Waals surface area (Å²) in [6.07, 6.45) is 1.34. The number of benzene rings is 2. The summed E-state index contributed by atoms with van der Waals surface area (Å²) in [6.45, 7) is 7.23. The first kappa shape index (κ1) is 18.5. The van der Waals surface area contributed by atoms with Crippen LogP contribution in [0.5, 0.6) is 5.75 Å². The lowest BCUT2D eigenvalue weighted by Gasteiger charge is -2.16. The zero-order valence-electron chi connectivity index (χ0n) is 15.9. The van der Waals surface area contributed by atoms with E-state index in [4.69, 9.17) is 9.72 Å². The van der Waals surface area contributed by atoms with Gasteiger partial charge < -0.3 is 14.4 Å². The van der Waals surface area contributed by atoms with Gasteiger partial charge in [0.15, 0.2) is 0 Å². The Bertz CT molecular complexity index is 837. The summed E-state index contributed by atoms with van der Waals surface area (Å²) in [5.41, 5.74) is 3.33. The zero-order valence-corrected chi connectivity index (χ0v) is 15.9. The third kappa shape index (κ3) is 4.25. The van der Waals surface area contributed by atoms with E-state index in [0.717, 1.165) is 35.4 Å². The first-order valence-corrected chi connectivity index (χ1v) is 9.43. The molecule has 4 heteroatoms. The Morgan fingerprint density at radius 2 is 1.81 bits per heavy atom. The van der Waals surface area contributed by atoms with Gasteiger partial charge in [-0.15, -0.1) is 0 Å². The molecule has 138 valence electrons. The van der Waals surface area contributed by atoms with Crippen LogP contribution in [0.15, 0.2) is 48.5 Å². The Kier molecular flexibility index (Phi) is 5.94. The fourth-order valence-corrected chi connectivity index (χ4v) is 3.15. The summed E-state index contributed by atoms with van der Waals surface area (Å²) in [4.78, 5) is 4.71. The Morgan fingerprint density at radius 3 is 2.50 bits per heavy atom. The van der Waals surface area contributed by atoms with Gasteiger partial charge in [-0.05, 0) is 42.2 Å². The van der Waals surface area contributed by atoms with Crippen LogP contribution in [0, 0.1) is 0 Å². The molecule has 0 aliphatic heterocycles. The van der Waals surface area contributed by atoms with Crippen LogP contribution < -0.4 is 4.74 Å². The highest BCUT2D eigenvalue weighted by Gasteiger charge is 2.14. The van der Waals surface area contributed by atoms with E-state index in [2.05, 4.69) is 43.5 Å². The molecule has 1 atom stereocenters. The number of fused-ring (bicyclic) bond motifs is 1. The summed E-state index contributed by atoms with van der Waals surface area (Å²) in [7, 11) is 0. The molecule has 1 heterocycles. The number of ether oxygens (including phenoxy) is 1. The monoisotopic (exact) mass is 352 g/mol. The Labute approximate surface area is 155 Å². The lowest BCUT2D eigenvalue weighted by atomic mass is 10.0. The number of aliphatic hydroxyl groups excluding tert-OH is 1. The van der Waals surface area contributed by atoms with E-state index in [1.807, 2.05) is 30.3 Å². The molecule has 1 unspecified atom stereocenters. The predicted molar refractivity (Wildman–Crippen MR) is 106 cm³/mol. The fraction of sp³-hybridized carbons (Fsp3) is 0.409. The van der Waals surface area contributed by atoms with Crippen LogP contribution in [0.2, 0.25) is 0 Å². The van der Waals surface area contributed by atoms with Crippen molar-refractivity contribution in [3.05, 3.63) is 59.9 Å². The van der Waals surface area contributed by atoms with Crippen LogP contribution >= 0.6 is 0 Å². The summed E-state index contributed by atoms with van der Waals surface area (Å²) < 4.78 is 7.90. The first-order chi connectivity index (χ1) is 12.6. The molecule has 0 fully saturated rings. The van der Waals surface area contributed by atoms with E-state index < -0.39 is 6.10 Å². The SMILES string of the molecule is CCCc1nc2ccccc2n1CC(O)COc1ccc(C(C)C)cc1. The molecule has 0 saturated carbocycles. The zero-order chi connectivity index (χ0) is 18.5. The summed E-state index contributed by atoms with van der Waals surface area (Å²) in [5.74, 6) is 2.31. The molecule has 0 radical (unpaired) electrons. The number of aromatic nitrogens is 2. The van der Waals surface area contributed by atoms with Gasteiger partial charge in [-0.1, -0.05) is 45.0 Å². The number of hydrogen-bond acceptors (Lipinski definition) is 3. The lowest BCUT2D eigenvalue weighted by molar-refractivity contribution is 0.0927. The number of hydrogen-bond donors (Lipinski definition) is 1. The smallest absolute Gasteiger partial charge is 0.119 e. The molecule has 2 aromatic carbocycles. The second-order valence-electron chi connectivity index (χ2n) is 7.07. The number of para-hydroxylation sites is 2. The molecule has 0 saturated heterocycles. The van der Waals surface area contributed by atoms with Crippen LogP contribution in [0.4, 0.5) is 0 Å². The van der Waals surface area contributed by atoms with Gasteiger partial charge in [-0.25, -0.2) is 4.98 Å². The molecule has 3 aromatic rings. The predicted octanol–water partition coefficient (Wildman–Crippen LogP) is 4.55. The minimum Gasteiger partial charge on any atom is -0.491 e. The average molecular weight is 352 g/mol. The van der Waals surface area contributed by atoms with Crippen molar-refractivity contribution in [1.82, 2.24) is 9.55 Å². The third-order valence-corrected chi connectivity index (χ3v) is 4.59. The molecule has 0 spiro atoms. The van der Waals surface area contributed by atoms with Crippen molar-refractivity contribution in [3.63, 3.8) is 0 Å². The minimum absolute atomic E-state index is 0.263. The molecule has 4 nitrogen and oxygen atoms in total. The highest BCUT2D eigenvalue weighted by Crippen LogP contribution is 2.20. The quantitative estimate of drug-likeness (QED) is 0.647. The van der Waals surface area contributed by atoms with Crippen molar-refractivity contribution < 1.29 is 9.84 Å². The molecule has 3 rings (SSSR count). The molecule has 1 N–H and O–H groups in total. The van der Waals surface area contributed by atoms with Gasteiger partial charge in [-0.2, -0.15) is 0 Å².